The summed E-state index contributed by atoms with van der Waals surface area (Å²) < 4.78 is 0. The van der Waals surface area contributed by atoms with E-state index in [0.717, 1.165) is 6.42 Å². The lowest BCUT2D eigenvalue weighted by atomic mass is 9.98. The number of nitro groups is 1. The second kappa shape index (κ2) is 5.81. The molecule has 1 heterocycles. The van der Waals surface area contributed by atoms with Crippen LogP contribution in [0.15, 0.2) is 18.2 Å². The molecule has 0 saturated carbocycles. The van der Waals surface area contributed by atoms with E-state index in [1.807, 2.05) is 0 Å². The van der Waals surface area contributed by atoms with Crippen LogP contribution in [0.5, 0.6) is 0 Å². The number of aliphatic hydroxyl groups is 1. The normalized spacial score (nSPS) is 22.7. The SMILES string of the molecule is Cc1ccc(C(=O)N2CCCC(C)(O)CC2)cc1[N+](=O)[O-]. The number of nitro benzene ring substituents is 1. The van der Waals surface area contributed by atoms with Crippen molar-refractivity contribution in [3.8, 4) is 0 Å². The largest absolute Gasteiger partial charge is 0.390 e. The summed E-state index contributed by atoms with van der Waals surface area (Å²) in [6.45, 7) is 4.46. The number of carbonyl (C=O) groups is 1. The molecule has 0 spiro atoms. The highest BCUT2D eigenvalue weighted by atomic mass is 16.6. The van der Waals surface area contributed by atoms with Gasteiger partial charge in [-0.3, -0.25) is 14.9 Å². The van der Waals surface area contributed by atoms with E-state index in [2.05, 4.69) is 0 Å². The van der Waals surface area contributed by atoms with Crippen molar-refractivity contribution in [1.29, 1.82) is 0 Å². The number of likely N-dealkylation sites (tertiary alicyclic amines) is 1. The lowest BCUT2D eigenvalue weighted by Crippen LogP contribution is -2.33. The van der Waals surface area contributed by atoms with Gasteiger partial charge in [0, 0.05) is 30.3 Å². The minimum Gasteiger partial charge on any atom is -0.390 e. The third kappa shape index (κ3) is 3.58. The zero-order valence-corrected chi connectivity index (χ0v) is 12.3. The Morgan fingerprint density at radius 1 is 1.38 bits per heavy atom. The minimum atomic E-state index is -0.742. The fraction of sp³-hybridized carbons (Fsp3) is 0.533. The molecule has 1 saturated heterocycles. The Hall–Kier alpha value is -1.95. The summed E-state index contributed by atoms with van der Waals surface area (Å²) in [5.41, 5.74) is 0.0840. The maximum atomic E-state index is 12.5. The molecular weight excluding hydrogens is 272 g/mol. The first-order valence-corrected chi connectivity index (χ1v) is 7.07. The highest BCUT2D eigenvalue weighted by molar-refractivity contribution is 5.95. The van der Waals surface area contributed by atoms with Gasteiger partial charge in [-0.2, -0.15) is 0 Å². The van der Waals surface area contributed by atoms with E-state index in [4.69, 9.17) is 0 Å². The number of rotatable bonds is 2. The van der Waals surface area contributed by atoms with E-state index in [0.29, 0.717) is 37.1 Å². The molecule has 0 aliphatic carbocycles. The van der Waals surface area contributed by atoms with Crippen molar-refractivity contribution < 1.29 is 14.8 Å². The molecule has 21 heavy (non-hydrogen) atoms. The number of carbonyl (C=O) groups excluding carboxylic acids is 1. The van der Waals surface area contributed by atoms with Gasteiger partial charge in [-0.1, -0.05) is 6.07 Å². The van der Waals surface area contributed by atoms with Gasteiger partial charge in [-0.15, -0.1) is 0 Å². The van der Waals surface area contributed by atoms with Crippen molar-refractivity contribution >= 4 is 11.6 Å². The van der Waals surface area contributed by atoms with E-state index >= 15 is 0 Å². The average molecular weight is 292 g/mol. The number of nitrogens with zero attached hydrogens (tertiary/aromatic N) is 2. The molecule has 1 aromatic rings. The van der Waals surface area contributed by atoms with Gasteiger partial charge in [-0.05, 0) is 39.2 Å². The minimum absolute atomic E-state index is 0.0392. The Morgan fingerprint density at radius 2 is 2.10 bits per heavy atom. The Kier molecular flexibility index (Phi) is 4.27. The molecule has 1 aromatic carbocycles. The van der Waals surface area contributed by atoms with Crippen molar-refractivity contribution in [2.24, 2.45) is 0 Å². The van der Waals surface area contributed by atoms with E-state index in [-0.39, 0.29) is 11.6 Å². The van der Waals surface area contributed by atoms with E-state index < -0.39 is 10.5 Å². The summed E-state index contributed by atoms with van der Waals surface area (Å²) in [6.07, 6.45) is 1.91. The van der Waals surface area contributed by atoms with Gasteiger partial charge in [0.1, 0.15) is 0 Å². The van der Waals surface area contributed by atoms with Crippen LogP contribution in [0.3, 0.4) is 0 Å². The molecule has 6 heteroatoms. The molecule has 6 nitrogen and oxygen atoms in total. The van der Waals surface area contributed by atoms with Crippen molar-refractivity contribution in [3.63, 3.8) is 0 Å². The predicted octanol–water partition coefficient (Wildman–Crippen LogP) is 2.28. The second-order valence-corrected chi connectivity index (χ2v) is 5.90. The van der Waals surface area contributed by atoms with Gasteiger partial charge >= 0.3 is 0 Å². The molecule has 1 atom stereocenters. The molecular formula is C15H20N2O4. The van der Waals surface area contributed by atoms with Crippen LogP contribution in [0.25, 0.3) is 0 Å². The van der Waals surface area contributed by atoms with Crippen LogP contribution >= 0.6 is 0 Å². The number of hydrogen-bond acceptors (Lipinski definition) is 4. The summed E-state index contributed by atoms with van der Waals surface area (Å²) in [6, 6.07) is 4.55. The number of hydrogen-bond donors (Lipinski definition) is 1. The van der Waals surface area contributed by atoms with Gasteiger partial charge < -0.3 is 10.0 Å². The van der Waals surface area contributed by atoms with Crippen LogP contribution in [0.1, 0.15) is 42.1 Å². The summed E-state index contributed by atoms with van der Waals surface area (Å²) in [5, 5.41) is 21.0. The molecule has 114 valence electrons. The lowest BCUT2D eigenvalue weighted by molar-refractivity contribution is -0.385. The highest BCUT2D eigenvalue weighted by Crippen LogP contribution is 2.24. The standard InChI is InChI=1S/C15H20N2O4/c1-11-4-5-12(10-13(11)17(20)21)14(18)16-8-3-6-15(2,19)7-9-16/h4-5,10,19H,3,6-9H2,1-2H3. The predicted molar refractivity (Wildman–Crippen MR) is 78.2 cm³/mol. The topological polar surface area (TPSA) is 83.7 Å². The molecule has 1 N–H and O–H groups in total. The van der Waals surface area contributed by atoms with Gasteiger partial charge in [0.25, 0.3) is 11.6 Å². The number of amides is 1. The third-order valence-corrected chi connectivity index (χ3v) is 4.00. The zero-order valence-electron chi connectivity index (χ0n) is 12.3. The summed E-state index contributed by atoms with van der Waals surface area (Å²) in [4.78, 5) is 24.6. The zero-order chi connectivity index (χ0) is 15.6. The van der Waals surface area contributed by atoms with Crippen molar-refractivity contribution in [2.75, 3.05) is 13.1 Å². The van der Waals surface area contributed by atoms with E-state index in [1.54, 1.807) is 30.9 Å². The Labute approximate surface area is 123 Å². The van der Waals surface area contributed by atoms with Crippen molar-refractivity contribution in [3.05, 3.63) is 39.4 Å². The maximum Gasteiger partial charge on any atom is 0.273 e. The Morgan fingerprint density at radius 3 is 2.76 bits per heavy atom. The van der Waals surface area contributed by atoms with Gasteiger partial charge in [0.05, 0.1) is 10.5 Å². The van der Waals surface area contributed by atoms with Gasteiger partial charge in [-0.25, -0.2) is 0 Å². The van der Waals surface area contributed by atoms with Crippen LogP contribution in [-0.2, 0) is 0 Å². The summed E-state index contributed by atoms with van der Waals surface area (Å²) in [7, 11) is 0. The quantitative estimate of drug-likeness (QED) is 0.669. The Bertz CT molecular complexity index is 569. The van der Waals surface area contributed by atoms with Crippen LogP contribution in [0.2, 0.25) is 0 Å². The molecule has 1 aliphatic rings. The maximum absolute atomic E-state index is 12.5. The van der Waals surface area contributed by atoms with Crippen LogP contribution in [-0.4, -0.2) is 39.5 Å². The second-order valence-electron chi connectivity index (χ2n) is 5.90. The van der Waals surface area contributed by atoms with E-state index in [9.17, 15) is 20.0 Å². The molecule has 2 rings (SSSR count). The van der Waals surface area contributed by atoms with Gasteiger partial charge in [0.15, 0.2) is 0 Å². The smallest absolute Gasteiger partial charge is 0.273 e. The first-order valence-electron chi connectivity index (χ1n) is 7.07. The molecule has 1 amide bonds. The van der Waals surface area contributed by atoms with Crippen molar-refractivity contribution in [2.45, 2.75) is 38.7 Å². The fourth-order valence-corrected chi connectivity index (χ4v) is 2.59. The third-order valence-electron chi connectivity index (χ3n) is 4.00. The first kappa shape index (κ1) is 15.4. The van der Waals surface area contributed by atoms with Crippen LogP contribution in [0.4, 0.5) is 5.69 Å². The molecule has 1 unspecified atom stereocenters. The molecule has 1 aliphatic heterocycles. The van der Waals surface area contributed by atoms with Crippen LogP contribution in [0, 0.1) is 17.0 Å². The monoisotopic (exact) mass is 292 g/mol. The van der Waals surface area contributed by atoms with Gasteiger partial charge in [0.2, 0.25) is 0 Å². The molecule has 0 radical (unpaired) electrons. The fourth-order valence-electron chi connectivity index (χ4n) is 2.59. The van der Waals surface area contributed by atoms with Crippen LogP contribution < -0.4 is 0 Å². The van der Waals surface area contributed by atoms with Crippen molar-refractivity contribution in [1.82, 2.24) is 4.90 Å². The number of benzene rings is 1. The molecule has 0 bridgehead atoms. The Balaban J connectivity index is 2.20. The van der Waals surface area contributed by atoms with E-state index in [1.165, 1.54) is 6.07 Å². The first-order chi connectivity index (χ1) is 9.80. The average Bonchev–Trinajstić information content (AvgIpc) is 2.59. The number of aryl methyl sites for hydroxylation is 1. The summed E-state index contributed by atoms with van der Waals surface area (Å²) in [5.74, 6) is -0.212. The molecule has 1 fully saturated rings. The lowest BCUT2D eigenvalue weighted by Gasteiger charge is -2.22. The molecule has 0 aromatic heterocycles. The summed E-state index contributed by atoms with van der Waals surface area (Å²) >= 11 is 0. The highest BCUT2D eigenvalue weighted by Gasteiger charge is 2.28.